The molecule has 1 aromatic carbocycles. The lowest BCUT2D eigenvalue weighted by Gasteiger charge is -2.06. The zero-order valence-electron chi connectivity index (χ0n) is 11.9. The molecule has 0 saturated heterocycles. The van der Waals surface area contributed by atoms with E-state index < -0.39 is 0 Å². The zero-order valence-corrected chi connectivity index (χ0v) is 11.9. The lowest BCUT2D eigenvalue weighted by atomic mass is 10.2. The molecule has 2 N–H and O–H groups in total. The summed E-state index contributed by atoms with van der Waals surface area (Å²) >= 11 is 0. The smallest absolute Gasteiger partial charge is 0.222 e. The first-order chi connectivity index (χ1) is 9.78. The van der Waals surface area contributed by atoms with Gasteiger partial charge in [0.2, 0.25) is 5.91 Å². The third kappa shape index (κ3) is 2.85. The van der Waals surface area contributed by atoms with E-state index in [-0.39, 0.29) is 5.91 Å². The van der Waals surface area contributed by atoms with E-state index >= 15 is 0 Å². The molecule has 0 radical (unpaired) electrons. The fourth-order valence-corrected chi connectivity index (χ4v) is 2.59. The van der Waals surface area contributed by atoms with Crippen molar-refractivity contribution in [3.63, 3.8) is 0 Å². The van der Waals surface area contributed by atoms with E-state index in [1.165, 1.54) is 16.5 Å². The summed E-state index contributed by atoms with van der Waals surface area (Å²) in [6.07, 6.45) is 4.99. The average Bonchev–Trinajstić information content (AvgIpc) is 3.19. The first kappa shape index (κ1) is 13.2. The Morgan fingerprint density at radius 3 is 2.90 bits per heavy atom. The Balaban J connectivity index is 1.74. The fraction of sp³-hybridized carbons (Fsp3) is 0.438. The van der Waals surface area contributed by atoms with Crippen LogP contribution in [0.5, 0.6) is 0 Å². The maximum atomic E-state index is 11.8. The second kappa shape index (κ2) is 5.67. The topological polar surface area (TPSA) is 46.1 Å². The third-order valence-corrected chi connectivity index (χ3v) is 3.76. The van der Waals surface area contributed by atoms with Crippen LogP contribution in [0.2, 0.25) is 0 Å². The molecule has 2 aromatic rings. The molecule has 1 aliphatic rings. The first-order valence-electron chi connectivity index (χ1n) is 7.28. The molecule has 1 heterocycles. The van der Waals surface area contributed by atoms with Gasteiger partial charge in [0.05, 0.1) is 0 Å². The van der Waals surface area contributed by atoms with Crippen LogP contribution in [-0.2, 0) is 17.9 Å². The van der Waals surface area contributed by atoms with Crippen molar-refractivity contribution in [2.24, 2.45) is 0 Å². The van der Waals surface area contributed by atoms with E-state index in [2.05, 4.69) is 39.6 Å². The van der Waals surface area contributed by atoms with Crippen LogP contribution in [0.4, 0.5) is 0 Å². The molecular formula is C16H21N3O. The van der Waals surface area contributed by atoms with Gasteiger partial charge in [0, 0.05) is 42.7 Å². The Kier molecular flexibility index (Phi) is 3.74. The van der Waals surface area contributed by atoms with Crippen LogP contribution in [0.25, 0.3) is 10.9 Å². The molecule has 1 saturated carbocycles. The molecule has 4 nitrogen and oxygen atoms in total. The van der Waals surface area contributed by atoms with E-state index in [9.17, 15) is 4.79 Å². The summed E-state index contributed by atoms with van der Waals surface area (Å²) in [5.74, 6) is 0.167. The normalized spacial score (nSPS) is 14.7. The Labute approximate surface area is 119 Å². The number of hydrogen-bond acceptors (Lipinski definition) is 2. The predicted octanol–water partition coefficient (Wildman–Crippen LogP) is 2.03. The number of carbonyl (C=O) groups excluding carboxylic acids is 1. The monoisotopic (exact) mass is 271 g/mol. The van der Waals surface area contributed by atoms with Gasteiger partial charge in [-0.1, -0.05) is 18.2 Å². The van der Waals surface area contributed by atoms with Crippen molar-refractivity contribution in [3.05, 3.63) is 36.0 Å². The molecule has 0 bridgehead atoms. The van der Waals surface area contributed by atoms with Gasteiger partial charge in [0.1, 0.15) is 0 Å². The molecule has 1 aromatic heterocycles. The molecule has 20 heavy (non-hydrogen) atoms. The van der Waals surface area contributed by atoms with Gasteiger partial charge in [-0.3, -0.25) is 4.79 Å². The summed E-state index contributed by atoms with van der Waals surface area (Å²) < 4.78 is 2.19. The number of aromatic nitrogens is 1. The van der Waals surface area contributed by atoms with Gasteiger partial charge in [0.25, 0.3) is 0 Å². The van der Waals surface area contributed by atoms with Gasteiger partial charge in [-0.05, 0) is 31.5 Å². The Morgan fingerprint density at radius 2 is 2.15 bits per heavy atom. The number of fused-ring (bicyclic) bond motifs is 1. The van der Waals surface area contributed by atoms with Gasteiger partial charge < -0.3 is 15.2 Å². The molecule has 0 aliphatic heterocycles. The van der Waals surface area contributed by atoms with Crippen LogP contribution in [-0.4, -0.2) is 23.6 Å². The highest BCUT2D eigenvalue weighted by Crippen LogP contribution is 2.22. The number of nitrogens with zero attached hydrogens (tertiary/aromatic N) is 1. The van der Waals surface area contributed by atoms with E-state index in [1.807, 2.05) is 13.1 Å². The average molecular weight is 271 g/mol. The molecule has 1 amide bonds. The zero-order chi connectivity index (χ0) is 13.9. The van der Waals surface area contributed by atoms with Crippen molar-refractivity contribution in [2.75, 3.05) is 7.05 Å². The third-order valence-electron chi connectivity index (χ3n) is 3.76. The lowest BCUT2D eigenvalue weighted by Crippen LogP contribution is -2.26. The minimum Gasteiger partial charge on any atom is -0.353 e. The van der Waals surface area contributed by atoms with Gasteiger partial charge in [-0.15, -0.1) is 0 Å². The first-order valence-corrected chi connectivity index (χ1v) is 7.28. The van der Waals surface area contributed by atoms with Crippen LogP contribution in [0.1, 0.15) is 24.8 Å². The second-order valence-electron chi connectivity index (χ2n) is 5.49. The molecule has 4 heteroatoms. The molecule has 0 atom stereocenters. The number of rotatable bonds is 6. The SMILES string of the molecule is CNCc1cn(CCC(=O)NC2CC2)c2ccccc12. The number of carbonyl (C=O) groups is 1. The Bertz CT molecular complexity index is 613. The number of benzene rings is 1. The molecular weight excluding hydrogens is 250 g/mol. The van der Waals surface area contributed by atoms with Crippen molar-refractivity contribution < 1.29 is 4.79 Å². The van der Waals surface area contributed by atoms with E-state index in [0.29, 0.717) is 12.5 Å². The minimum atomic E-state index is 0.167. The number of hydrogen-bond donors (Lipinski definition) is 2. The van der Waals surface area contributed by atoms with Crippen molar-refractivity contribution >= 4 is 16.8 Å². The van der Waals surface area contributed by atoms with E-state index in [4.69, 9.17) is 0 Å². The molecule has 3 rings (SSSR count). The van der Waals surface area contributed by atoms with Gasteiger partial charge in [-0.25, -0.2) is 0 Å². The summed E-state index contributed by atoms with van der Waals surface area (Å²) in [6, 6.07) is 8.82. The number of amides is 1. The van der Waals surface area contributed by atoms with Gasteiger partial charge >= 0.3 is 0 Å². The molecule has 1 fully saturated rings. The molecule has 1 aliphatic carbocycles. The Hall–Kier alpha value is -1.81. The summed E-state index contributed by atoms with van der Waals surface area (Å²) in [6.45, 7) is 1.59. The minimum absolute atomic E-state index is 0.167. The highest BCUT2D eigenvalue weighted by atomic mass is 16.1. The molecule has 0 unspecified atom stereocenters. The highest BCUT2D eigenvalue weighted by molar-refractivity contribution is 5.84. The van der Waals surface area contributed by atoms with Crippen LogP contribution in [0, 0.1) is 0 Å². The van der Waals surface area contributed by atoms with Crippen molar-refractivity contribution in [1.82, 2.24) is 15.2 Å². The van der Waals surface area contributed by atoms with Gasteiger partial charge in [0.15, 0.2) is 0 Å². The van der Waals surface area contributed by atoms with Crippen molar-refractivity contribution in [1.29, 1.82) is 0 Å². The highest BCUT2D eigenvalue weighted by Gasteiger charge is 2.22. The Morgan fingerprint density at radius 1 is 1.35 bits per heavy atom. The van der Waals surface area contributed by atoms with Crippen LogP contribution >= 0.6 is 0 Å². The summed E-state index contributed by atoms with van der Waals surface area (Å²) in [4.78, 5) is 11.8. The molecule has 106 valence electrons. The van der Waals surface area contributed by atoms with Crippen molar-refractivity contribution in [2.45, 2.75) is 38.4 Å². The predicted molar refractivity (Wildman–Crippen MR) is 80.5 cm³/mol. The summed E-state index contributed by atoms with van der Waals surface area (Å²) in [5.41, 5.74) is 2.49. The summed E-state index contributed by atoms with van der Waals surface area (Å²) in [7, 11) is 1.95. The maximum absolute atomic E-state index is 11.8. The second-order valence-corrected chi connectivity index (χ2v) is 5.49. The molecule has 0 spiro atoms. The largest absolute Gasteiger partial charge is 0.353 e. The van der Waals surface area contributed by atoms with Crippen LogP contribution in [0.15, 0.2) is 30.5 Å². The number of nitrogens with one attached hydrogen (secondary N) is 2. The summed E-state index contributed by atoms with van der Waals surface area (Å²) in [5, 5.41) is 7.50. The van der Waals surface area contributed by atoms with Crippen molar-refractivity contribution in [3.8, 4) is 0 Å². The van der Waals surface area contributed by atoms with E-state index in [1.54, 1.807) is 0 Å². The number of para-hydroxylation sites is 1. The standard InChI is InChI=1S/C16H21N3O/c1-17-10-12-11-19(15-5-3-2-4-14(12)15)9-8-16(20)18-13-6-7-13/h2-5,11,13,17H,6-10H2,1H3,(H,18,20). The number of aryl methyl sites for hydroxylation is 1. The lowest BCUT2D eigenvalue weighted by molar-refractivity contribution is -0.121. The quantitative estimate of drug-likeness (QED) is 0.844. The van der Waals surface area contributed by atoms with Gasteiger partial charge in [-0.2, -0.15) is 0 Å². The van der Waals surface area contributed by atoms with E-state index in [0.717, 1.165) is 25.9 Å². The maximum Gasteiger partial charge on any atom is 0.222 e. The van der Waals surface area contributed by atoms with Crippen LogP contribution in [0.3, 0.4) is 0 Å². The fourth-order valence-electron chi connectivity index (χ4n) is 2.59. The van der Waals surface area contributed by atoms with Crippen LogP contribution < -0.4 is 10.6 Å².